The number of carbonyl (C=O) groups is 2. The number of thioether (sulfide) groups is 1. The molecule has 5 rings (SSSR count). The van der Waals surface area contributed by atoms with Gasteiger partial charge in [-0.15, -0.1) is 11.8 Å². The van der Waals surface area contributed by atoms with Gasteiger partial charge in [0.15, 0.2) is 0 Å². The van der Waals surface area contributed by atoms with Crippen LogP contribution >= 0.6 is 23.4 Å². The minimum atomic E-state index is -0.0860. The molecule has 0 bridgehead atoms. The van der Waals surface area contributed by atoms with Gasteiger partial charge in [0.1, 0.15) is 5.37 Å². The Hall–Kier alpha value is -3.54. The molecule has 0 saturated carbocycles. The van der Waals surface area contributed by atoms with Crippen molar-refractivity contribution < 1.29 is 9.59 Å². The first-order valence-electron chi connectivity index (χ1n) is 12.2. The third kappa shape index (κ3) is 6.24. The highest BCUT2D eigenvalue weighted by atomic mass is 35.5. The molecule has 37 heavy (non-hydrogen) atoms. The molecule has 6 heteroatoms. The SMILES string of the molecule is O=C(c1ccc([C@H]2SCC(=O)N2Cc2ccc(Cl)cc2)cc1)N(Cc1ccccc1)Cc1ccccc1. The summed E-state index contributed by atoms with van der Waals surface area (Å²) in [6.45, 7) is 1.58. The molecule has 0 N–H and O–H groups in total. The largest absolute Gasteiger partial charge is 0.330 e. The van der Waals surface area contributed by atoms with Gasteiger partial charge in [-0.3, -0.25) is 9.59 Å². The normalized spacial score (nSPS) is 15.1. The number of benzene rings is 4. The second-order valence-corrected chi connectivity index (χ2v) is 10.6. The summed E-state index contributed by atoms with van der Waals surface area (Å²) < 4.78 is 0. The number of amides is 2. The van der Waals surface area contributed by atoms with Gasteiger partial charge in [-0.2, -0.15) is 0 Å². The molecule has 0 unspecified atom stereocenters. The Kier molecular flexibility index (Phi) is 7.93. The van der Waals surface area contributed by atoms with E-state index in [2.05, 4.69) is 0 Å². The van der Waals surface area contributed by atoms with Crippen LogP contribution in [0.15, 0.2) is 109 Å². The highest BCUT2D eigenvalue weighted by Gasteiger charge is 2.33. The molecule has 186 valence electrons. The van der Waals surface area contributed by atoms with Gasteiger partial charge in [0, 0.05) is 30.2 Å². The Morgan fingerprint density at radius 1 is 0.784 bits per heavy atom. The topological polar surface area (TPSA) is 40.6 Å². The monoisotopic (exact) mass is 526 g/mol. The van der Waals surface area contributed by atoms with Crippen molar-refractivity contribution in [2.45, 2.75) is 25.0 Å². The number of halogens is 1. The van der Waals surface area contributed by atoms with E-state index < -0.39 is 0 Å². The lowest BCUT2D eigenvalue weighted by Gasteiger charge is -2.25. The number of nitrogens with zero attached hydrogens (tertiary/aromatic N) is 2. The molecule has 4 nitrogen and oxygen atoms in total. The molecule has 4 aromatic carbocycles. The van der Waals surface area contributed by atoms with Crippen LogP contribution in [0.25, 0.3) is 0 Å². The first-order chi connectivity index (χ1) is 18.1. The van der Waals surface area contributed by atoms with Crippen molar-refractivity contribution in [3.05, 3.63) is 142 Å². The standard InChI is InChI=1S/C31H27ClN2O2S/c32-28-17-11-25(12-18-28)21-34-29(35)22-37-31(34)27-15-13-26(14-16-27)30(36)33(19-23-7-3-1-4-8-23)20-24-9-5-2-6-10-24/h1-18,31H,19-22H2/t31-/m1/s1. The van der Waals surface area contributed by atoms with Crippen LogP contribution in [0.5, 0.6) is 0 Å². The first-order valence-corrected chi connectivity index (χ1v) is 13.6. The van der Waals surface area contributed by atoms with Gasteiger partial charge in [-0.05, 0) is 46.5 Å². The Bertz CT molecular complexity index is 1300. The summed E-state index contributed by atoms with van der Waals surface area (Å²) in [4.78, 5) is 30.0. The molecule has 1 atom stereocenters. The summed E-state index contributed by atoms with van der Waals surface area (Å²) in [5.41, 5.74) is 4.85. The van der Waals surface area contributed by atoms with Gasteiger partial charge in [-0.25, -0.2) is 0 Å². The van der Waals surface area contributed by atoms with Crippen molar-refractivity contribution in [2.24, 2.45) is 0 Å². The molecule has 0 radical (unpaired) electrons. The van der Waals surface area contributed by atoms with E-state index in [4.69, 9.17) is 11.6 Å². The van der Waals surface area contributed by atoms with Crippen LogP contribution in [0.3, 0.4) is 0 Å². The summed E-state index contributed by atoms with van der Waals surface area (Å²) in [6, 6.07) is 35.4. The smallest absolute Gasteiger partial charge is 0.254 e. The first kappa shape index (κ1) is 25.1. The van der Waals surface area contributed by atoms with E-state index in [9.17, 15) is 9.59 Å². The minimum absolute atomic E-state index is 0.0209. The predicted molar refractivity (Wildman–Crippen MR) is 150 cm³/mol. The molecular formula is C31H27ClN2O2S. The van der Waals surface area contributed by atoms with Crippen LogP contribution < -0.4 is 0 Å². The fraction of sp³-hybridized carbons (Fsp3) is 0.161. The number of hydrogen-bond acceptors (Lipinski definition) is 3. The van der Waals surface area contributed by atoms with Gasteiger partial charge in [0.05, 0.1) is 5.75 Å². The van der Waals surface area contributed by atoms with Gasteiger partial charge in [0.2, 0.25) is 5.91 Å². The van der Waals surface area contributed by atoms with Crippen molar-refractivity contribution >= 4 is 35.2 Å². The molecule has 1 aliphatic rings. The maximum atomic E-state index is 13.6. The summed E-state index contributed by atoms with van der Waals surface area (Å²) in [6.07, 6.45) is 0. The quantitative estimate of drug-likeness (QED) is 0.249. The summed E-state index contributed by atoms with van der Waals surface area (Å²) in [5.74, 6) is 0.537. The molecule has 1 fully saturated rings. The Morgan fingerprint density at radius 3 is 1.92 bits per heavy atom. The van der Waals surface area contributed by atoms with E-state index in [0.717, 1.165) is 22.3 Å². The summed E-state index contributed by atoms with van der Waals surface area (Å²) in [5, 5.41) is 0.591. The van der Waals surface area contributed by atoms with Gasteiger partial charge < -0.3 is 9.80 Å². The highest BCUT2D eigenvalue weighted by molar-refractivity contribution is 8.00. The molecule has 1 heterocycles. The van der Waals surface area contributed by atoms with Crippen molar-refractivity contribution in [1.29, 1.82) is 0 Å². The average Bonchev–Trinajstić information content (AvgIpc) is 3.30. The molecule has 2 amide bonds. The zero-order chi connectivity index (χ0) is 25.6. The maximum Gasteiger partial charge on any atom is 0.254 e. The lowest BCUT2D eigenvalue weighted by atomic mass is 10.1. The molecule has 0 spiro atoms. The molecule has 1 saturated heterocycles. The zero-order valence-electron chi connectivity index (χ0n) is 20.3. The van der Waals surface area contributed by atoms with E-state index in [0.29, 0.717) is 36.0 Å². The van der Waals surface area contributed by atoms with Crippen LogP contribution in [0, 0.1) is 0 Å². The van der Waals surface area contributed by atoms with Crippen molar-refractivity contribution in [3.63, 3.8) is 0 Å². The third-order valence-corrected chi connectivity index (χ3v) is 7.90. The third-order valence-electron chi connectivity index (χ3n) is 6.40. The average molecular weight is 527 g/mol. The lowest BCUT2D eigenvalue weighted by Crippen LogP contribution is -2.30. The number of rotatable bonds is 8. The lowest BCUT2D eigenvalue weighted by molar-refractivity contribution is -0.128. The molecule has 4 aromatic rings. The summed E-state index contributed by atoms with van der Waals surface area (Å²) >= 11 is 7.63. The van der Waals surface area contributed by atoms with E-state index >= 15 is 0 Å². The van der Waals surface area contributed by atoms with Gasteiger partial charge in [0.25, 0.3) is 5.91 Å². The molecule has 1 aliphatic heterocycles. The Labute approximate surface area is 226 Å². The minimum Gasteiger partial charge on any atom is -0.330 e. The van der Waals surface area contributed by atoms with Crippen LogP contribution in [0.1, 0.15) is 38.0 Å². The number of carbonyl (C=O) groups excluding carboxylic acids is 2. The Balaban J connectivity index is 1.34. The number of hydrogen-bond donors (Lipinski definition) is 0. The van der Waals surface area contributed by atoms with Crippen LogP contribution in [0.4, 0.5) is 0 Å². The van der Waals surface area contributed by atoms with E-state index in [1.165, 1.54) is 0 Å². The van der Waals surface area contributed by atoms with Crippen molar-refractivity contribution in [3.8, 4) is 0 Å². The van der Waals surface area contributed by atoms with Crippen LogP contribution in [-0.4, -0.2) is 27.4 Å². The second kappa shape index (κ2) is 11.7. The van der Waals surface area contributed by atoms with E-state index in [-0.39, 0.29) is 17.2 Å². The van der Waals surface area contributed by atoms with Gasteiger partial charge >= 0.3 is 0 Å². The van der Waals surface area contributed by atoms with Gasteiger partial charge in [-0.1, -0.05) is 96.5 Å². The molecular weight excluding hydrogens is 500 g/mol. The Morgan fingerprint density at radius 2 is 1.35 bits per heavy atom. The maximum absolute atomic E-state index is 13.6. The van der Waals surface area contributed by atoms with E-state index in [1.54, 1.807) is 11.8 Å². The predicted octanol–water partition coefficient (Wildman–Crippen LogP) is 6.96. The van der Waals surface area contributed by atoms with E-state index in [1.807, 2.05) is 119 Å². The van der Waals surface area contributed by atoms with Crippen molar-refractivity contribution in [1.82, 2.24) is 9.80 Å². The second-order valence-electron chi connectivity index (χ2n) is 9.07. The van der Waals surface area contributed by atoms with Crippen LogP contribution in [-0.2, 0) is 24.4 Å². The fourth-order valence-corrected chi connectivity index (χ4v) is 5.78. The molecule has 0 aromatic heterocycles. The fourth-order valence-electron chi connectivity index (χ4n) is 4.47. The highest BCUT2D eigenvalue weighted by Crippen LogP contribution is 2.39. The summed E-state index contributed by atoms with van der Waals surface area (Å²) in [7, 11) is 0. The van der Waals surface area contributed by atoms with Crippen molar-refractivity contribution in [2.75, 3.05) is 5.75 Å². The molecule has 0 aliphatic carbocycles. The zero-order valence-corrected chi connectivity index (χ0v) is 21.9. The van der Waals surface area contributed by atoms with Crippen LogP contribution in [0.2, 0.25) is 5.02 Å².